The van der Waals surface area contributed by atoms with Gasteiger partial charge < -0.3 is 19.0 Å². The number of hydrogen-bond donors (Lipinski definition) is 1. The Balaban J connectivity index is 1.86. The number of aryl methyl sites for hydroxylation is 1. The average molecular weight is 526 g/mol. The molecule has 0 saturated heterocycles. The fraction of sp³-hybridized carbons (Fsp3) is 0.190. The predicted molar refractivity (Wildman–Crippen MR) is 122 cm³/mol. The van der Waals surface area contributed by atoms with Gasteiger partial charge in [0, 0.05) is 17.0 Å². The lowest BCUT2D eigenvalue weighted by atomic mass is 10.2. The third-order valence-electron chi connectivity index (χ3n) is 4.04. The molecule has 162 valence electrons. The molecular formula is C21H18BrClN2O5S. The standard InChI is InChI=1S/C21H18BrClN2O5S/c1-3-18-24-25-21(30-18)31-17(20(26)27)10-12-8-14(22)19(16(9-12)28-2)29-11-13-6-4-5-7-15(13)23/h4-10H,3,11H2,1-2H3,(H,26,27)/b17-10-. The highest BCUT2D eigenvalue weighted by atomic mass is 79.9. The van der Waals surface area contributed by atoms with Gasteiger partial charge in [0.05, 0.1) is 11.6 Å². The van der Waals surface area contributed by atoms with E-state index in [0.29, 0.717) is 38.9 Å². The SMILES string of the molecule is CCc1nnc(S/C(=C\c2cc(Br)c(OCc3ccccc3Cl)c(OC)c2)C(=O)O)o1. The van der Waals surface area contributed by atoms with Crippen molar-refractivity contribution in [1.29, 1.82) is 0 Å². The van der Waals surface area contributed by atoms with Crippen LogP contribution in [-0.4, -0.2) is 28.4 Å². The van der Waals surface area contributed by atoms with Crippen LogP contribution in [0.4, 0.5) is 0 Å². The Bertz CT molecular complexity index is 1120. The first-order valence-electron chi connectivity index (χ1n) is 9.10. The Morgan fingerprint density at radius 2 is 2.10 bits per heavy atom. The minimum atomic E-state index is -1.12. The molecule has 0 aliphatic carbocycles. The van der Waals surface area contributed by atoms with E-state index < -0.39 is 5.97 Å². The van der Waals surface area contributed by atoms with Gasteiger partial charge in [0.1, 0.15) is 11.5 Å². The summed E-state index contributed by atoms with van der Waals surface area (Å²) in [7, 11) is 1.51. The Labute approximate surface area is 196 Å². The van der Waals surface area contributed by atoms with E-state index in [1.807, 2.05) is 25.1 Å². The second-order valence-corrected chi connectivity index (χ2v) is 8.40. The molecule has 3 aromatic rings. The van der Waals surface area contributed by atoms with E-state index in [4.69, 9.17) is 25.5 Å². The summed E-state index contributed by atoms with van der Waals surface area (Å²) in [5, 5.41) is 18.1. The molecule has 0 amide bonds. The maximum absolute atomic E-state index is 11.7. The number of ether oxygens (including phenoxy) is 2. The summed E-state index contributed by atoms with van der Waals surface area (Å²) >= 11 is 10.5. The van der Waals surface area contributed by atoms with Crippen molar-refractivity contribution in [2.75, 3.05) is 7.11 Å². The van der Waals surface area contributed by atoms with Crippen LogP contribution in [0.5, 0.6) is 11.5 Å². The van der Waals surface area contributed by atoms with E-state index in [2.05, 4.69) is 26.1 Å². The zero-order chi connectivity index (χ0) is 22.4. The molecule has 1 aromatic heterocycles. The van der Waals surface area contributed by atoms with Gasteiger partial charge in [-0.2, -0.15) is 0 Å². The summed E-state index contributed by atoms with van der Waals surface area (Å²) in [6.45, 7) is 2.12. The number of benzene rings is 2. The monoisotopic (exact) mass is 524 g/mol. The maximum Gasteiger partial charge on any atom is 0.342 e. The average Bonchev–Trinajstić information content (AvgIpc) is 3.21. The lowest BCUT2D eigenvalue weighted by Crippen LogP contribution is -2.00. The number of carbonyl (C=O) groups is 1. The van der Waals surface area contributed by atoms with Crippen LogP contribution in [0.2, 0.25) is 5.02 Å². The minimum absolute atomic E-state index is 0.0185. The number of halogens is 2. The summed E-state index contributed by atoms with van der Waals surface area (Å²) in [5.74, 6) is 0.245. The smallest absolute Gasteiger partial charge is 0.342 e. The fourth-order valence-electron chi connectivity index (χ4n) is 2.53. The summed E-state index contributed by atoms with van der Waals surface area (Å²) in [5.41, 5.74) is 1.42. The van der Waals surface area contributed by atoms with Gasteiger partial charge in [-0.15, -0.1) is 10.2 Å². The second-order valence-electron chi connectivity index (χ2n) is 6.15. The minimum Gasteiger partial charge on any atom is -0.493 e. The van der Waals surface area contributed by atoms with Crippen molar-refractivity contribution in [2.45, 2.75) is 25.2 Å². The van der Waals surface area contributed by atoms with Crippen LogP contribution in [-0.2, 0) is 17.8 Å². The molecule has 0 aliphatic rings. The van der Waals surface area contributed by atoms with Crippen molar-refractivity contribution in [3.05, 3.63) is 67.8 Å². The van der Waals surface area contributed by atoms with Gasteiger partial charge in [-0.1, -0.05) is 36.7 Å². The lowest BCUT2D eigenvalue weighted by Gasteiger charge is -2.14. The molecule has 31 heavy (non-hydrogen) atoms. The number of aromatic nitrogens is 2. The van der Waals surface area contributed by atoms with Crippen LogP contribution in [0.3, 0.4) is 0 Å². The highest BCUT2D eigenvalue weighted by molar-refractivity contribution is 9.10. The molecular weight excluding hydrogens is 508 g/mol. The van der Waals surface area contributed by atoms with Crippen LogP contribution >= 0.6 is 39.3 Å². The van der Waals surface area contributed by atoms with Crippen LogP contribution in [0.15, 0.2) is 55.4 Å². The third kappa shape index (κ3) is 6.03. The zero-order valence-corrected chi connectivity index (χ0v) is 19.8. The van der Waals surface area contributed by atoms with E-state index in [0.717, 1.165) is 17.3 Å². The van der Waals surface area contributed by atoms with Gasteiger partial charge in [0.15, 0.2) is 11.5 Å². The molecule has 0 fully saturated rings. The van der Waals surface area contributed by atoms with E-state index >= 15 is 0 Å². The molecule has 0 radical (unpaired) electrons. The quantitative estimate of drug-likeness (QED) is 0.274. The molecule has 1 N–H and O–H groups in total. The molecule has 0 aliphatic heterocycles. The zero-order valence-electron chi connectivity index (χ0n) is 16.6. The predicted octanol–water partition coefficient (Wildman–Crippen LogP) is 5.85. The summed E-state index contributed by atoms with van der Waals surface area (Å²) < 4.78 is 17.4. The first kappa shape index (κ1) is 23.2. The van der Waals surface area contributed by atoms with Crippen LogP contribution in [0, 0.1) is 0 Å². The maximum atomic E-state index is 11.7. The van der Waals surface area contributed by atoms with E-state index in [-0.39, 0.29) is 16.7 Å². The molecule has 0 saturated carbocycles. The number of nitrogens with zero attached hydrogens (tertiary/aromatic N) is 2. The lowest BCUT2D eigenvalue weighted by molar-refractivity contribution is -0.131. The van der Waals surface area contributed by atoms with Crippen molar-refractivity contribution >= 4 is 51.3 Å². The van der Waals surface area contributed by atoms with Crippen molar-refractivity contribution in [1.82, 2.24) is 10.2 Å². The van der Waals surface area contributed by atoms with E-state index in [1.165, 1.54) is 13.2 Å². The van der Waals surface area contributed by atoms with Gasteiger partial charge in [0.2, 0.25) is 5.89 Å². The summed E-state index contributed by atoms with van der Waals surface area (Å²) in [4.78, 5) is 11.7. The molecule has 0 unspecified atom stereocenters. The van der Waals surface area contributed by atoms with Crippen LogP contribution in [0.1, 0.15) is 23.9 Å². The Hall–Kier alpha value is -2.49. The van der Waals surface area contributed by atoms with Crippen molar-refractivity contribution < 1.29 is 23.8 Å². The largest absolute Gasteiger partial charge is 0.493 e. The number of rotatable bonds is 9. The molecule has 10 heteroatoms. The Morgan fingerprint density at radius 1 is 1.32 bits per heavy atom. The summed E-state index contributed by atoms with van der Waals surface area (Å²) in [6.07, 6.45) is 2.06. The van der Waals surface area contributed by atoms with E-state index in [1.54, 1.807) is 18.2 Å². The molecule has 2 aromatic carbocycles. The Kier molecular flexibility index (Phi) is 8.00. The Morgan fingerprint density at radius 3 is 2.74 bits per heavy atom. The van der Waals surface area contributed by atoms with Crippen LogP contribution in [0.25, 0.3) is 6.08 Å². The molecule has 0 atom stereocenters. The molecule has 0 spiro atoms. The highest BCUT2D eigenvalue weighted by Gasteiger charge is 2.17. The molecule has 7 nitrogen and oxygen atoms in total. The number of carboxylic acid groups (broad SMARTS) is 1. The second kappa shape index (κ2) is 10.7. The number of hydrogen-bond acceptors (Lipinski definition) is 7. The van der Waals surface area contributed by atoms with Crippen molar-refractivity contribution in [2.24, 2.45) is 0 Å². The van der Waals surface area contributed by atoms with Gasteiger partial charge in [-0.05, 0) is 57.5 Å². The van der Waals surface area contributed by atoms with E-state index in [9.17, 15) is 9.90 Å². The number of aliphatic carboxylic acids is 1. The number of thioether (sulfide) groups is 1. The normalized spacial score (nSPS) is 11.4. The van der Waals surface area contributed by atoms with Gasteiger partial charge >= 0.3 is 5.97 Å². The third-order valence-corrected chi connectivity index (χ3v) is 5.85. The summed E-state index contributed by atoms with van der Waals surface area (Å²) in [6, 6.07) is 10.8. The molecule has 1 heterocycles. The van der Waals surface area contributed by atoms with Crippen LogP contribution < -0.4 is 9.47 Å². The highest BCUT2D eigenvalue weighted by Crippen LogP contribution is 2.39. The molecule has 0 bridgehead atoms. The van der Waals surface area contributed by atoms with Gasteiger partial charge in [-0.3, -0.25) is 0 Å². The fourth-order valence-corrected chi connectivity index (χ4v) is 3.99. The molecule has 3 rings (SSSR count). The van der Waals surface area contributed by atoms with Gasteiger partial charge in [-0.25, -0.2) is 4.79 Å². The first-order chi connectivity index (χ1) is 14.9. The van der Waals surface area contributed by atoms with Crippen molar-refractivity contribution in [3.63, 3.8) is 0 Å². The topological polar surface area (TPSA) is 94.7 Å². The number of methoxy groups -OCH3 is 1. The van der Waals surface area contributed by atoms with Gasteiger partial charge in [0.25, 0.3) is 5.22 Å². The van der Waals surface area contributed by atoms with Crippen molar-refractivity contribution in [3.8, 4) is 11.5 Å². The number of carboxylic acids is 1. The first-order valence-corrected chi connectivity index (χ1v) is 11.1.